The summed E-state index contributed by atoms with van der Waals surface area (Å²) in [6.45, 7) is 4.32. The lowest BCUT2D eigenvalue weighted by atomic mass is 9.89. The molecule has 0 fully saturated rings. The van der Waals surface area contributed by atoms with Crippen LogP contribution in [0.4, 0.5) is 0 Å². The summed E-state index contributed by atoms with van der Waals surface area (Å²) in [6.07, 6.45) is 0.690. The molecule has 3 nitrogen and oxygen atoms in total. The minimum absolute atomic E-state index is 0. The second kappa shape index (κ2) is 5.38. The van der Waals surface area contributed by atoms with Crippen LogP contribution >= 0.6 is 12.4 Å². The molecule has 0 aliphatic carbocycles. The second-order valence-electron chi connectivity index (χ2n) is 3.74. The van der Waals surface area contributed by atoms with E-state index in [2.05, 4.69) is 0 Å². The molecular formula is C8H18ClNO2. The van der Waals surface area contributed by atoms with Crippen LogP contribution < -0.4 is 0 Å². The van der Waals surface area contributed by atoms with Gasteiger partial charge in [0.2, 0.25) is 0 Å². The Kier molecular flexibility index (Phi) is 6.39. The molecule has 12 heavy (non-hydrogen) atoms. The van der Waals surface area contributed by atoms with E-state index in [1.54, 1.807) is 13.8 Å². The van der Waals surface area contributed by atoms with Gasteiger partial charge in [0.25, 0.3) is 0 Å². The number of aliphatic carboxylic acids is 1. The maximum absolute atomic E-state index is 10.6. The quantitative estimate of drug-likeness (QED) is 0.739. The van der Waals surface area contributed by atoms with E-state index in [-0.39, 0.29) is 12.4 Å². The predicted octanol–water partition coefficient (Wildman–Crippen LogP) is 1.47. The minimum atomic E-state index is -0.723. The lowest BCUT2D eigenvalue weighted by Crippen LogP contribution is -2.28. The highest BCUT2D eigenvalue weighted by molar-refractivity contribution is 5.85. The first-order valence-electron chi connectivity index (χ1n) is 3.74. The maximum atomic E-state index is 10.6. The third kappa shape index (κ3) is 5.38. The van der Waals surface area contributed by atoms with Crippen LogP contribution in [0.25, 0.3) is 0 Å². The highest BCUT2D eigenvalue weighted by atomic mass is 35.5. The van der Waals surface area contributed by atoms with E-state index in [0.29, 0.717) is 6.42 Å². The molecule has 0 rings (SSSR count). The van der Waals surface area contributed by atoms with Gasteiger partial charge in [-0.2, -0.15) is 0 Å². The standard InChI is InChI=1S/C8H17NO2.ClH/c1-8(2,7(10)11)5-6-9(3)4;/h5-6H2,1-4H3,(H,10,11);1H. The van der Waals surface area contributed by atoms with Crippen molar-refractivity contribution in [3.8, 4) is 0 Å². The number of hydrogen-bond acceptors (Lipinski definition) is 2. The van der Waals surface area contributed by atoms with Crippen LogP contribution in [0, 0.1) is 5.41 Å². The third-order valence-corrected chi connectivity index (χ3v) is 1.76. The average Bonchev–Trinajstić information content (AvgIpc) is 1.84. The molecule has 0 aromatic heterocycles. The van der Waals surface area contributed by atoms with Gasteiger partial charge >= 0.3 is 5.97 Å². The first-order valence-corrected chi connectivity index (χ1v) is 3.74. The lowest BCUT2D eigenvalue weighted by Gasteiger charge is -2.20. The van der Waals surface area contributed by atoms with Crippen LogP contribution in [0.15, 0.2) is 0 Å². The summed E-state index contributed by atoms with van der Waals surface area (Å²) in [5, 5.41) is 8.74. The summed E-state index contributed by atoms with van der Waals surface area (Å²) in [5.74, 6) is -0.723. The van der Waals surface area contributed by atoms with Crippen LogP contribution in [0.5, 0.6) is 0 Å². The lowest BCUT2D eigenvalue weighted by molar-refractivity contribution is -0.147. The normalized spacial score (nSPS) is 11.1. The number of hydrogen-bond donors (Lipinski definition) is 1. The van der Waals surface area contributed by atoms with Crippen molar-refractivity contribution < 1.29 is 9.90 Å². The molecule has 0 atom stereocenters. The van der Waals surface area contributed by atoms with Gasteiger partial charge in [0.1, 0.15) is 0 Å². The van der Waals surface area contributed by atoms with Crippen LogP contribution in [0.1, 0.15) is 20.3 Å². The van der Waals surface area contributed by atoms with Gasteiger partial charge in [-0.25, -0.2) is 0 Å². The molecule has 0 aliphatic heterocycles. The van der Waals surface area contributed by atoms with Crippen molar-refractivity contribution in [2.24, 2.45) is 5.41 Å². The van der Waals surface area contributed by atoms with Gasteiger partial charge in [-0.1, -0.05) is 0 Å². The molecule has 0 saturated heterocycles. The summed E-state index contributed by atoms with van der Waals surface area (Å²) in [4.78, 5) is 12.6. The fraction of sp³-hybridized carbons (Fsp3) is 0.875. The Hall–Kier alpha value is -0.280. The van der Waals surface area contributed by atoms with Gasteiger partial charge in [-0.05, 0) is 40.9 Å². The molecule has 74 valence electrons. The Morgan fingerprint density at radius 1 is 1.42 bits per heavy atom. The Morgan fingerprint density at radius 2 is 1.83 bits per heavy atom. The van der Waals surface area contributed by atoms with Crippen LogP contribution in [-0.2, 0) is 4.79 Å². The van der Waals surface area contributed by atoms with E-state index in [9.17, 15) is 4.79 Å². The Labute approximate surface area is 80.2 Å². The SMILES string of the molecule is CN(C)CCC(C)(C)C(=O)O.Cl. The van der Waals surface area contributed by atoms with Crippen molar-refractivity contribution in [1.29, 1.82) is 0 Å². The van der Waals surface area contributed by atoms with Crippen LogP contribution in [0.3, 0.4) is 0 Å². The van der Waals surface area contributed by atoms with Crippen molar-refractivity contribution in [1.82, 2.24) is 4.90 Å². The summed E-state index contributed by atoms with van der Waals surface area (Å²) in [7, 11) is 3.88. The molecule has 4 heteroatoms. The fourth-order valence-electron chi connectivity index (χ4n) is 0.610. The molecule has 0 radical (unpaired) electrons. The van der Waals surface area contributed by atoms with E-state index >= 15 is 0 Å². The average molecular weight is 196 g/mol. The summed E-state index contributed by atoms with van der Waals surface area (Å²) >= 11 is 0. The van der Waals surface area contributed by atoms with E-state index in [1.165, 1.54) is 0 Å². The topological polar surface area (TPSA) is 40.5 Å². The molecule has 0 spiro atoms. The largest absolute Gasteiger partial charge is 0.481 e. The van der Waals surface area contributed by atoms with Crippen molar-refractivity contribution in [2.45, 2.75) is 20.3 Å². The highest BCUT2D eigenvalue weighted by Crippen LogP contribution is 2.19. The van der Waals surface area contributed by atoms with Crippen LogP contribution in [-0.4, -0.2) is 36.6 Å². The Morgan fingerprint density at radius 3 is 2.08 bits per heavy atom. The molecular weight excluding hydrogens is 178 g/mol. The van der Waals surface area contributed by atoms with Gasteiger partial charge in [0.15, 0.2) is 0 Å². The molecule has 0 unspecified atom stereocenters. The molecule has 1 N–H and O–H groups in total. The zero-order chi connectivity index (χ0) is 9.07. The number of carboxylic acids is 1. The number of carboxylic acid groups (broad SMARTS) is 1. The minimum Gasteiger partial charge on any atom is -0.481 e. The van der Waals surface area contributed by atoms with E-state index in [0.717, 1.165) is 6.54 Å². The predicted molar refractivity (Wildman–Crippen MR) is 51.8 cm³/mol. The molecule has 0 aliphatic rings. The summed E-state index contributed by atoms with van der Waals surface area (Å²) in [5.41, 5.74) is -0.593. The molecule has 0 amide bonds. The van der Waals surface area contributed by atoms with E-state index in [1.807, 2.05) is 19.0 Å². The highest BCUT2D eigenvalue weighted by Gasteiger charge is 2.26. The molecule has 0 saturated carbocycles. The van der Waals surface area contributed by atoms with Gasteiger partial charge in [-0.15, -0.1) is 12.4 Å². The van der Waals surface area contributed by atoms with E-state index in [4.69, 9.17) is 5.11 Å². The summed E-state index contributed by atoms with van der Waals surface area (Å²) in [6, 6.07) is 0. The van der Waals surface area contributed by atoms with Crippen molar-refractivity contribution in [3.05, 3.63) is 0 Å². The number of carbonyl (C=O) groups is 1. The number of nitrogens with zero attached hydrogens (tertiary/aromatic N) is 1. The molecule has 0 aromatic carbocycles. The monoisotopic (exact) mass is 195 g/mol. The van der Waals surface area contributed by atoms with Gasteiger partial charge in [-0.3, -0.25) is 4.79 Å². The van der Waals surface area contributed by atoms with E-state index < -0.39 is 11.4 Å². The van der Waals surface area contributed by atoms with Crippen LogP contribution in [0.2, 0.25) is 0 Å². The number of rotatable bonds is 4. The van der Waals surface area contributed by atoms with Crippen molar-refractivity contribution in [2.75, 3.05) is 20.6 Å². The molecule has 0 bridgehead atoms. The Balaban J connectivity index is 0. The zero-order valence-corrected chi connectivity index (χ0v) is 8.94. The smallest absolute Gasteiger partial charge is 0.309 e. The number of halogens is 1. The Bertz CT molecular complexity index is 146. The van der Waals surface area contributed by atoms with Crippen molar-refractivity contribution >= 4 is 18.4 Å². The molecule has 0 aromatic rings. The van der Waals surface area contributed by atoms with Crippen molar-refractivity contribution in [3.63, 3.8) is 0 Å². The fourth-order valence-corrected chi connectivity index (χ4v) is 0.610. The van der Waals surface area contributed by atoms with Gasteiger partial charge in [0, 0.05) is 0 Å². The first kappa shape index (κ1) is 14.3. The zero-order valence-electron chi connectivity index (χ0n) is 8.13. The molecule has 0 heterocycles. The maximum Gasteiger partial charge on any atom is 0.309 e. The second-order valence-corrected chi connectivity index (χ2v) is 3.74. The third-order valence-electron chi connectivity index (χ3n) is 1.76. The van der Waals surface area contributed by atoms with Gasteiger partial charge in [0.05, 0.1) is 5.41 Å². The first-order chi connectivity index (χ1) is 4.86. The van der Waals surface area contributed by atoms with Gasteiger partial charge < -0.3 is 10.0 Å². The summed E-state index contributed by atoms with van der Waals surface area (Å²) < 4.78 is 0.